The lowest BCUT2D eigenvalue weighted by atomic mass is 10.3. The van der Waals surface area contributed by atoms with Gasteiger partial charge in [-0.3, -0.25) is 11.5 Å². The average Bonchev–Trinajstić information content (AvgIpc) is 1.31. The zero-order valence-electron chi connectivity index (χ0n) is 3.99. The fraction of sp³-hybridized carbons (Fsp3) is 1.00. The van der Waals surface area contributed by atoms with E-state index in [1.165, 1.54) is 0 Å². The molecule has 0 radical (unpaired) electrons. The molecule has 7 heavy (non-hydrogen) atoms. The molecule has 0 aromatic heterocycles. The molecule has 44 valence electrons. The van der Waals surface area contributed by atoms with E-state index in [1.807, 2.05) is 0 Å². The Labute approximate surface area is 40.5 Å². The third-order valence-electron chi connectivity index (χ3n) is 0.539. The maximum atomic E-state index is 11.8. The average molecular weight is 110 g/mol. The predicted octanol–water partition coefficient (Wildman–Crippen LogP) is -0.115. The molecule has 0 spiro atoms. The lowest BCUT2D eigenvalue weighted by molar-refractivity contribution is 0.0777. The minimum Gasteiger partial charge on any atom is -0.298 e. The summed E-state index contributed by atoms with van der Waals surface area (Å²) < 4.78 is 23.3. The first-order chi connectivity index (χ1) is 2.94. The van der Waals surface area contributed by atoms with Crippen LogP contribution in [0.3, 0.4) is 0 Å². The normalized spacial score (nSPS) is 23.6. The minimum atomic E-state index is -2.39. The molecule has 0 amide bonds. The van der Waals surface area contributed by atoms with E-state index in [1.54, 1.807) is 0 Å². The molecule has 0 saturated carbocycles. The predicted molar refractivity (Wildman–Crippen MR) is 22.8 cm³/mol. The molecule has 2 nitrogen and oxygen atoms in total. The third kappa shape index (κ3) is 2.47. The molecule has 0 saturated heterocycles. The summed E-state index contributed by atoms with van der Waals surface area (Å²) in [6.45, 7) is 0.873. The Bertz CT molecular complexity index is 56.4. The van der Waals surface area contributed by atoms with E-state index < -0.39 is 12.1 Å². The molecule has 0 fully saturated rings. The second-order valence-electron chi connectivity index (χ2n) is 1.55. The largest absolute Gasteiger partial charge is 0.298 e. The summed E-state index contributed by atoms with van der Waals surface area (Å²) in [6.07, 6.45) is -2.09. The summed E-state index contributed by atoms with van der Waals surface area (Å²) >= 11 is 0. The van der Waals surface area contributed by atoms with Gasteiger partial charge < -0.3 is 0 Å². The van der Waals surface area contributed by atoms with Crippen molar-refractivity contribution in [2.75, 3.05) is 0 Å². The van der Waals surface area contributed by atoms with Gasteiger partial charge in [-0.1, -0.05) is 0 Å². The topological polar surface area (TPSA) is 52.0 Å². The SMILES string of the molecule is CC(N)(F)C(N)F. The van der Waals surface area contributed by atoms with Gasteiger partial charge in [0.25, 0.3) is 0 Å². The van der Waals surface area contributed by atoms with Gasteiger partial charge in [0.15, 0.2) is 6.30 Å². The summed E-state index contributed by atoms with van der Waals surface area (Å²) in [4.78, 5) is 0. The molecular weight excluding hydrogens is 102 g/mol. The van der Waals surface area contributed by atoms with E-state index in [2.05, 4.69) is 11.5 Å². The van der Waals surface area contributed by atoms with Crippen molar-refractivity contribution in [2.24, 2.45) is 11.5 Å². The van der Waals surface area contributed by atoms with Gasteiger partial charge >= 0.3 is 0 Å². The van der Waals surface area contributed by atoms with Crippen molar-refractivity contribution in [3.05, 3.63) is 0 Å². The Hall–Kier alpha value is -0.220. The van der Waals surface area contributed by atoms with Gasteiger partial charge in [-0.15, -0.1) is 0 Å². The molecule has 4 heteroatoms. The summed E-state index contributed by atoms with van der Waals surface area (Å²) in [5.74, 6) is -2.39. The van der Waals surface area contributed by atoms with Crippen molar-refractivity contribution in [1.29, 1.82) is 0 Å². The highest BCUT2D eigenvalue weighted by Gasteiger charge is 2.25. The molecule has 0 rings (SSSR count). The number of halogens is 2. The van der Waals surface area contributed by atoms with Crippen LogP contribution in [0.2, 0.25) is 0 Å². The van der Waals surface area contributed by atoms with Crippen molar-refractivity contribution in [2.45, 2.75) is 19.0 Å². The van der Waals surface area contributed by atoms with Gasteiger partial charge in [0.1, 0.15) is 0 Å². The monoisotopic (exact) mass is 110 g/mol. The molecule has 0 aromatic carbocycles. The second kappa shape index (κ2) is 1.71. The van der Waals surface area contributed by atoms with E-state index in [0.717, 1.165) is 6.92 Å². The van der Waals surface area contributed by atoms with Gasteiger partial charge in [0.05, 0.1) is 0 Å². The van der Waals surface area contributed by atoms with Crippen LogP contribution in [0.25, 0.3) is 0 Å². The summed E-state index contributed by atoms with van der Waals surface area (Å²) in [6, 6.07) is 0. The zero-order valence-corrected chi connectivity index (χ0v) is 3.99. The quantitative estimate of drug-likeness (QED) is 0.462. The molecule has 0 bridgehead atoms. The van der Waals surface area contributed by atoms with Crippen LogP contribution in [0.4, 0.5) is 8.78 Å². The van der Waals surface area contributed by atoms with Crippen LogP contribution >= 0.6 is 0 Å². The van der Waals surface area contributed by atoms with Gasteiger partial charge in [-0.2, -0.15) is 0 Å². The third-order valence-corrected chi connectivity index (χ3v) is 0.539. The van der Waals surface area contributed by atoms with Gasteiger partial charge in [-0.25, -0.2) is 8.78 Å². The fourth-order valence-corrected chi connectivity index (χ4v) is 0. The van der Waals surface area contributed by atoms with Crippen molar-refractivity contribution in [1.82, 2.24) is 0 Å². The number of rotatable bonds is 1. The highest BCUT2D eigenvalue weighted by molar-refractivity contribution is 4.68. The van der Waals surface area contributed by atoms with Gasteiger partial charge in [0.2, 0.25) is 5.79 Å². The molecule has 0 aliphatic rings. The minimum absolute atomic E-state index is 0.873. The standard InChI is InChI=1S/C3H8F2N2/c1-3(5,7)2(4)6/h2H,6-7H2,1H3. The first-order valence-corrected chi connectivity index (χ1v) is 1.82. The highest BCUT2D eigenvalue weighted by atomic mass is 19.2. The Morgan fingerprint density at radius 1 is 1.71 bits per heavy atom. The summed E-state index contributed by atoms with van der Waals surface area (Å²) in [5.41, 5.74) is 8.91. The van der Waals surface area contributed by atoms with Crippen LogP contribution in [0.1, 0.15) is 6.92 Å². The maximum absolute atomic E-state index is 11.8. The van der Waals surface area contributed by atoms with E-state index in [0.29, 0.717) is 0 Å². The zero-order chi connectivity index (χ0) is 6.08. The van der Waals surface area contributed by atoms with Crippen LogP contribution < -0.4 is 11.5 Å². The van der Waals surface area contributed by atoms with E-state index in [-0.39, 0.29) is 0 Å². The number of hydrogen-bond donors (Lipinski definition) is 2. The molecule has 0 aliphatic heterocycles. The molecule has 0 aliphatic carbocycles. The van der Waals surface area contributed by atoms with Gasteiger partial charge in [-0.05, 0) is 6.92 Å². The Balaban J connectivity index is 3.54. The highest BCUT2D eigenvalue weighted by Crippen LogP contribution is 2.04. The van der Waals surface area contributed by atoms with Crippen LogP contribution in [0.15, 0.2) is 0 Å². The lowest BCUT2D eigenvalue weighted by Gasteiger charge is -2.13. The van der Waals surface area contributed by atoms with Crippen molar-refractivity contribution in [3.63, 3.8) is 0 Å². The molecule has 2 atom stereocenters. The summed E-state index contributed by atoms with van der Waals surface area (Å²) in [7, 11) is 0. The van der Waals surface area contributed by atoms with E-state index in [9.17, 15) is 8.78 Å². The Morgan fingerprint density at radius 3 is 1.86 bits per heavy atom. The molecule has 0 aromatic rings. The van der Waals surface area contributed by atoms with E-state index in [4.69, 9.17) is 0 Å². The number of hydrogen-bond acceptors (Lipinski definition) is 2. The smallest absolute Gasteiger partial charge is 0.200 e. The van der Waals surface area contributed by atoms with Crippen molar-refractivity contribution >= 4 is 0 Å². The molecule has 2 unspecified atom stereocenters. The Kier molecular flexibility index (Phi) is 1.66. The fourth-order valence-electron chi connectivity index (χ4n) is 0. The maximum Gasteiger partial charge on any atom is 0.200 e. The van der Waals surface area contributed by atoms with Crippen LogP contribution in [0.5, 0.6) is 0 Å². The molecule has 4 N–H and O–H groups in total. The van der Waals surface area contributed by atoms with Crippen LogP contribution in [0, 0.1) is 0 Å². The second-order valence-corrected chi connectivity index (χ2v) is 1.55. The van der Waals surface area contributed by atoms with E-state index >= 15 is 0 Å². The van der Waals surface area contributed by atoms with Crippen molar-refractivity contribution in [3.8, 4) is 0 Å². The van der Waals surface area contributed by atoms with Crippen LogP contribution in [-0.4, -0.2) is 12.1 Å². The summed E-state index contributed by atoms with van der Waals surface area (Å²) in [5, 5.41) is 0. The lowest BCUT2D eigenvalue weighted by Crippen LogP contribution is -2.46. The first-order valence-electron chi connectivity index (χ1n) is 1.82. The Morgan fingerprint density at radius 2 is 1.86 bits per heavy atom. The number of nitrogens with two attached hydrogens (primary N) is 2. The molecular formula is C3H8F2N2. The number of alkyl halides is 2. The first kappa shape index (κ1) is 6.78. The van der Waals surface area contributed by atoms with Crippen LogP contribution in [-0.2, 0) is 0 Å². The van der Waals surface area contributed by atoms with Crippen molar-refractivity contribution < 1.29 is 8.78 Å². The van der Waals surface area contributed by atoms with Gasteiger partial charge in [0, 0.05) is 0 Å². The molecule has 0 heterocycles.